The fourth-order valence-corrected chi connectivity index (χ4v) is 1.57. The standard InChI is InChI=1S/C8H11ClN2O3/c1-12-8(2-3-13-5-8)7-10-6(4-9)11-14-7/h2-5H2,1H3. The van der Waals surface area contributed by atoms with Gasteiger partial charge in [0, 0.05) is 13.5 Å². The summed E-state index contributed by atoms with van der Waals surface area (Å²) in [7, 11) is 1.61. The zero-order valence-corrected chi connectivity index (χ0v) is 8.58. The molecule has 5 nitrogen and oxygen atoms in total. The van der Waals surface area contributed by atoms with Crippen LogP contribution in [0, 0.1) is 0 Å². The number of hydrogen-bond acceptors (Lipinski definition) is 5. The molecule has 1 aromatic rings. The van der Waals surface area contributed by atoms with Crippen molar-refractivity contribution in [3.8, 4) is 0 Å². The van der Waals surface area contributed by atoms with Gasteiger partial charge in [0.25, 0.3) is 5.89 Å². The minimum absolute atomic E-state index is 0.240. The average Bonchev–Trinajstić information content (AvgIpc) is 2.87. The Hall–Kier alpha value is -0.650. The zero-order valence-electron chi connectivity index (χ0n) is 7.83. The van der Waals surface area contributed by atoms with Gasteiger partial charge in [-0.1, -0.05) is 5.16 Å². The molecular weight excluding hydrogens is 208 g/mol. The van der Waals surface area contributed by atoms with Gasteiger partial charge in [0.05, 0.1) is 19.1 Å². The lowest BCUT2D eigenvalue weighted by atomic mass is 10.0. The van der Waals surface area contributed by atoms with Gasteiger partial charge in [-0.25, -0.2) is 0 Å². The second-order valence-corrected chi connectivity index (χ2v) is 3.42. The number of rotatable bonds is 3. The second kappa shape index (κ2) is 3.84. The van der Waals surface area contributed by atoms with Gasteiger partial charge in [-0.05, 0) is 0 Å². The summed E-state index contributed by atoms with van der Waals surface area (Å²) in [5, 5.41) is 3.72. The van der Waals surface area contributed by atoms with Gasteiger partial charge in [0.2, 0.25) is 0 Å². The molecule has 2 rings (SSSR count). The lowest BCUT2D eigenvalue weighted by molar-refractivity contribution is -0.0442. The summed E-state index contributed by atoms with van der Waals surface area (Å²) in [6.45, 7) is 1.10. The third-order valence-corrected chi connectivity index (χ3v) is 2.59. The molecule has 0 aliphatic carbocycles. The van der Waals surface area contributed by atoms with Crippen LogP contribution in [0.3, 0.4) is 0 Å². The van der Waals surface area contributed by atoms with Gasteiger partial charge in [0.15, 0.2) is 11.4 Å². The first-order valence-corrected chi connectivity index (χ1v) is 4.86. The van der Waals surface area contributed by atoms with E-state index in [-0.39, 0.29) is 5.88 Å². The molecule has 1 unspecified atom stereocenters. The molecule has 0 bridgehead atoms. The van der Waals surface area contributed by atoms with E-state index in [9.17, 15) is 0 Å². The summed E-state index contributed by atoms with van der Waals surface area (Å²) in [5.41, 5.74) is -0.572. The lowest BCUT2D eigenvalue weighted by Gasteiger charge is -2.20. The smallest absolute Gasteiger partial charge is 0.261 e. The molecule has 0 aromatic carbocycles. The summed E-state index contributed by atoms with van der Waals surface area (Å²) in [5.74, 6) is 1.17. The Balaban J connectivity index is 2.26. The SMILES string of the molecule is COC1(c2nc(CCl)no2)CCOC1. The van der Waals surface area contributed by atoms with Crippen molar-refractivity contribution >= 4 is 11.6 Å². The number of hydrogen-bond donors (Lipinski definition) is 0. The van der Waals surface area contributed by atoms with Crippen molar-refractivity contribution in [1.82, 2.24) is 10.1 Å². The van der Waals surface area contributed by atoms with Crippen LogP contribution in [-0.4, -0.2) is 30.5 Å². The van der Waals surface area contributed by atoms with Crippen LogP contribution >= 0.6 is 11.6 Å². The van der Waals surface area contributed by atoms with E-state index in [2.05, 4.69) is 10.1 Å². The summed E-state index contributed by atoms with van der Waals surface area (Å²) in [4.78, 5) is 4.14. The van der Waals surface area contributed by atoms with Crippen LogP contribution in [0.25, 0.3) is 0 Å². The van der Waals surface area contributed by atoms with Crippen molar-refractivity contribution < 1.29 is 14.0 Å². The van der Waals surface area contributed by atoms with Crippen LogP contribution < -0.4 is 0 Å². The molecule has 0 N–H and O–H groups in total. The maximum atomic E-state index is 5.58. The monoisotopic (exact) mass is 218 g/mol. The summed E-state index contributed by atoms with van der Waals surface area (Å²) >= 11 is 5.58. The number of methoxy groups -OCH3 is 1. The Labute approximate surface area is 86.3 Å². The fourth-order valence-electron chi connectivity index (χ4n) is 1.46. The van der Waals surface area contributed by atoms with Crippen molar-refractivity contribution in [2.75, 3.05) is 20.3 Å². The molecule has 1 aliphatic rings. The van der Waals surface area contributed by atoms with Crippen LogP contribution in [0.4, 0.5) is 0 Å². The topological polar surface area (TPSA) is 57.4 Å². The van der Waals surface area contributed by atoms with Crippen LogP contribution in [0.1, 0.15) is 18.1 Å². The highest BCUT2D eigenvalue weighted by molar-refractivity contribution is 6.16. The first kappa shape index (κ1) is 9.89. The van der Waals surface area contributed by atoms with E-state index in [1.807, 2.05) is 0 Å². The van der Waals surface area contributed by atoms with E-state index in [4.69, 9.17) is 25.6 Å². The van der Waals surface area contributed by atoms with Crippen LogP contribution in [0.5, 0.6) is 0 Å². The number of alkyl halides is 1. The van der Waals surface area contributed by atoms with E-state index in [0.29, 0.717) is 24.9 Å². The van der Waals surface area contributed by atoms with Gasteiger partial charge >= 0.3 is 0 Å². The molecule has 0 saturated carbocycles. The number of aromatic nitrogens is 2. The molecule has 1 atom stereocenters. The number of nitrogens with zero attached hydrogens (tertiary/aromatic N) is 2. The van der Waals surface area contributed by atoms with E-state index < -0.39 is 5.60 Å². The van der Waals surface area contributed by atoms with Crippen LogP contribution in [0.2, 0.25) is 0 Å². The van der Waals surface area contributed by atoms with Gasteiger partial charge in [-0.15, -0.1) is 11.6 Å². The molecule has 0 radical (unpaired) electrons. The van der Waals surface area contributed by atoms with E-state index in [1.54, 1.807) is 7.11 Å². The quantitative estimate of drug-likeness (QED) is 0.711. The number of ether oxygens (including phenoxy) is 2. The van der Waals surface area contributed by atoms with E-state index >= 15 is 0 Å². The molecule has 6 heteroatoms. The van der Waals surface area contributed by atoms with Gasteiger partial charge in [-0.2, -0.15) is 4.98 Å². The predicted octanol–water partition coefficient (Wildman–Crippen LogP) is 1.07. The molecule has 78 valence electrons. The summed E-state index contributed by atoms with van der Waals surface area (Å²) in [6.07, 6.45) is 0.730. The van der Waals surface area contributed by atoms with Crippen molar-refractivity contribution in [1.29, 1.82) is 0 Å². The van der Waals surface area contributed by atoms with Gasteiger partial charge in [0.1, 0.15) is 0 Å². The highest BCUT2D eigenvalue weighted by Gasteiger charge is 2.42. The summed E-state index contributed by atoms with van der Waals surface area (Å²) < 4.78 is 15.7. The maximum absolute atomic E-state index is 5.58. The minimum Gasteiger partial charge on any atom is -0.378 e. The second-order valence-electron chi connectivity index (χ2n) is 3.15. The van der Waals surface area contributed by atoms with Crippen molar-refractivity contribution in [3.05, 3.63) is 11.7 Å². The third kappa shape index (κ3) is 1.51. The highest BCUT2D eigenvalue weighted by Crippen LogP contribution is 2.32. The first-order valence-electron chi connectivity index (χ1n) is 4.33. The van der Waals surface area contributed by atoms with Gasteiger partial charge < -0.3 is 14.0 Å². The van der Waals surface area contributed by atoms with Crippen LogP contribution in [0.15, 0.2) is 4.52 Å². The third-order valence-electron chi connectivity index (χ3n) is 2.35. The molecule has 0 amide bonds. The summed E-state index contributed by atoms with van der Waals surface area (Å²) in [6, 6.07) is 0. The van der Waals surface area contributed by atoms with E-state index in [1.165, 1.54) is 0 Å². The Morgan fingerprint density at radius 2 is 2.50 bits per heavy atom. The Morgan fingerprint density at radius 1 is 1.64 bits per heavy atom. The molecule has 1 fully saturated rings. The average molecular weight is 219 g/mol. The molecule has 1 saturated heterocycles. The minimum atomic E-state index is -0.572. The number of halogens is 1. The van der Waals surface area contributed by atoms with Crippen molar-refractivity contribution in [2.45, 2.75) is 17.9 Å². The van der Waals surface area contributed by atoms with Gasteiger partial charge in [-0.3, -0.25) is 0 Å². The molecule has 1 aromatic heterocycles. The zero-order chi connectivity index (χ0) is 10.0. The van der Waals surface area contributed by atoms with E-state index in [0.717, 1.165) is 6.42 Å². The molecule has 1 aliphatic heterocycles. The van der Waals surface area contributed by atoms with Crippen LogP contribution in [-0.2, 0) is 21.0 Å². The fraction of sp³-hybridized carbons (Fsp3) is 0.750. The highest BCUT2D eigenvalue weighted by atomic mass is 35.5. The van der Waals surface area contributed by atoms with Crippen molar-refractivity contribution in [3.63, 3.8) is 0 Å². The Bertz CT molecular complexity index is 309. The van der Waals surface area contributed by atoms with Crippen molar-refractivity contribution in [2.24, 2.45) is 0 Å². The molecule has 0 spiro atoms. The Morgan fingerprint density at radius 3 is 3.00 bits per heavy atom. The maximum Gasteiger partial charge on any atom is 0.261 e. The largest absolute Gasteiger partial charge is 0.378 e. The molecule has 14 heavy (non-hydrogen) atoms. The molecular formula is C8H11ClN2O3. The first-order chi connectivity index (χ1) is 6.80. The lowest BCUT2D eigenvalue weighted by Crippen LogP contribution is -2.29. The molecule has 2 heterocycles. The Kier molecular flexibility index (Phi) is 2.71. The predicted molar refractivity (Wildman–Crippen MR) is 48.0 cm³/mol. The normalized spacial score (nSPS) is 27.0.